The van der Waals surface area contributed by atoms with Gasteiger partial charge in [-0.1, -0.05) is 71.4 Å². The van der Waals surface area contributed by atoms with Crippen LogP contribution in [0.4, 0.5) is 41.6 Å². The smallest absolute Gasteiger partial charge is 0.435 e. The van der Waals surface area contributed by atoms with E-state index >= 15 is 0 Å². The molecular weight excluding hydrogens is 1880 g/mol. The molecule has 0 atom stereocenters. The number of carboxylic acids is 1. The molecule has 0 fully saturated rings. The highest BCUT2D eigenvalue weighted by Gasteiger charge is 2.35. The molecule has 15 aromatic rings. The van der Waals surface area contributed by atoms with Crippen molar-refractivity contribution in [1.82, 2.24) is 120 Å². The first-order valence-electron chi connectivity index (χ1n) is 38.9. The summed E-state index contributed by atoms with van der Waals surface area (Å²) in [6.45, 7) is 14.3. The number of halogens is 3. The maximum atomic E-state index is 12.9. The van der Waals surface area contributed by atoms with Crippen LogP contribution in [0.1, 0.15) is 70.6 Å². The Hall–Kier alpha value is -15.8. The molecular formula is C81H78F3N29O18S5. The van der Waals surface area contributed by atoms with Gasteiger partial charge in [0.25, 0.3) is 28.4 Å². The molecule has 10 heterocycles. The average Bonchev–Trinajstić information content (AvgIpc) is 1.69. The van der Waals surface area contributed by atoms with Crippen molar-refractivity contribution in [2.24, 2.45) is 21.1 Å². The molecule has 10 aromatic heterocycles. The molecule has 706 valence electrons. The predicted octanol–water partition coefficient (Wildman–Crippen LogP) is 15.0. The van der Waals surface area contributed by atoms with Gasteiger partial charge in [-0.3, -0.25) is 124 Å². The lowest BCUT2D eigenvalue weighted by molar-refractivity contribution is -0.384. The van der Waals surface area contributed by atoms with Gasteiger partial charge in [-0.15, -0.1) is 25.5 Å². The van der Waals surface area contributed by atoms with E-state index < -0.39 is 42.5 Å². The van der Waals surface area contributed by atoms with E-state index in [-0.39, 0.29) is 128 Å². The number of carboxylic acid groups (broad SMARTS) is 1. The number of thioether (sulfide) groups is 5. The fraction of sp³-hybridized carbons (Fsp3) is 0.247. The molecule has 6 N–H and O–H groups in total. The van der Waals surface area contributed by atoms with Crippen molar-refractivity contribution in [2.75, 3.05) is 28.8 Å². The Morgan fingerprint density at radius 1 is 0.412 bits per heavy atom. The molecule has 0 aliphatic rings. The van der Waals surface area contributed by atoms with Gasteiger partial charge in [-0.25, -0.2) is 24.9 Å². The highest BCUT2D eigenvalue weighted by Crippen LogP contribution is 2.40. The number of carbonyl (C=O) groups excluding carboxylic acids is 5. The van der Waals surface area contributed by atoms with Gasteiger partial charge in [-0.05, 0) is 121 Å². The molecule has 5 aromatic carbocycles. The van der Waals surface area contributed by atoms with Crippen LogP contribution in [-0.2, 0) is 62.6 Å². The van der Waals surface area contributed by atoms with Gasteiger partial charge in [0, 0.05) is 156 Å². The minimum absolute atomic E-state index is 0. The number of benzene rings is 5. The Morgan fingerprint density at radius 3 is 1.03 bits per heavy atom. The van der Waals surface area contributed by atoms with E-state index in [4.69, 9.17) is 9.63 Å². The lowest BCUT2D eigenvalue weighted by Gasteiger charge is -2.05. The Bertz CT molecular complexity index is 7030. The van der Waals surface area contributed by atoms with Crippen molar-refractivity contribution in [3.8, 4) is 113 Å². The summed E-state index contributed by atoms with van der Waals surface area (Å²) < 4.78 is 49.6. The number of aliphatic carboxylic acids is 1. The normalized spacial score (nSPS) is 10.9. The predicted molar refractivity (Wildman–Crippen MR) is 491 cm³/mol. The van der Waals surface area contributed by atoms with Crippen LogP contribution in [0.25, 0.3) is 113 Å². The van der Waals surface area contributed by atoms with Gasteiger partial charge in [-0.2, -0.15) is 33.6 Å². The van der Waals surface area contributed by atoms with Crippen LogP contribution < -0.4 is 0 Å². The van der Waals surface area contributed by atoms with Crippen molar-refractivity contribution >= 4 is 122 Å². The van der Waals surface area contributed by atoms with Crippen LogP contribution in [0, 0.1) is 78.3 Å². The number of hydrogen-bond acceptors (Lipinski definition) is 37. The maximum absolute atomic E-state index is 12.9. The van der Waals surface area contributed by atoms with E-state index in [0.29, 0.717) is 111 Å². The quantitative estimate of drug-likeness (QED) is 0.0130. The second-order valence-electron chi connectivity index (χ2n) is 29.0. The van der Waals surface area contributed by atoms with Gasteiger partial charge >= 0.3 is 12.1 Å². The first-order valence-corrected chi connectivity index (χ1v) is 43.8. The molecule has 0 aliphatic carbocycles. The second-order valence-corrected chi connectivity index (χ2v) is 33.7. The van der Waals surface area contributed by atoms with E-state index in [1.54, 1.807) is 60.7 Å². The fourth-order valence-electron chi connectivity index (χ4n) is 12.4. The number of H-pyrrole nitrogens is 5. The zero-order valence-electron chi connectivity index (χ0n) is 72.6. The summed E-state index contributed by atoms with van der Waals surface area (Å²) in [5, 5.41) is 121. The number of nitro benzene ring substituents is 5. The van der Waals surface area contributed by atoms with E-state index in [1.165, 1.54) is 155 Å². The molecule has 0 saturated heterocycles. The summed E-state index contributed by atoms with van der Waals surface area (Å²) >= 11 is 5.87. The number of ketones is 5. The third-order valence-corrected chi connectivity index (χ3v) is 23.3. The van der Waals surface area contributed by atoms with Crippen molar-refractivity contribution in [1.29, 1.82) is 0 Å². The summed E-state index contributed by atoms with van der Waals surface area (Å²) in [4.78, 5) is 142. The SMILES string of the molecule is C.CC(=O)CSc1n[nH]c(-c2cc(-c3c(C)nn(C)c3C)cc([N+](=O)[O-])c2)n1.CC(=O)CSc1n[nH]c(-c2cc(-c3c(C)noc3C)cc([N+](=O)[O-])c2)n1.CC(=O)CSc1n[nH]c(-c2cc(-c3cc(C(F)(F)F)nn3C)cc([N+](=O)[O-])c2)n1.CC(=O)CSc1n[nH]c(-c2cc(-c3ccnn3C)cc([N+](=O)[O-])c2)n1.CC(=O)CSc1n[nH]c(-c2cc(-c3cnn(CC(=O)O)c3)cc([N+](=O)[O-])c2)n1. The van der Waals surface area contributed by atoms with E-state index in [1.807, 2.05) is 27.0 Å². The van der Waals surface area contributed by atoms with Crippen molar-refractivity contribution in [3.63, 3.8) is 0 Å². The fourth-order valence-corrected chi connectivity index (χ4v) is 15.4. The number of alkyl halides is 3. The van der Waals surface area contributed by atoms with Gasteiger partial charge < -0.3 is 9.63 Å². The maximum Gasteiger partial charge on any atom is 0.435 e. The molecule has 55 heteroatoms. The number of non-ortho nitro benzene ring substituents is 5. The van der Waals surface area contributed by atoms with Crippen molar-refractivity contribution in [3.05, 3.63) is 201 Å². The zero-order chi connectivity index (χ0) is 98.1. The van der Waals surface area contributed by atoms with Crippen molar-refractivity contribution < 1.29 is 76.2 Å². The van der Waals surface area contributed by atoms with Gasteiger partial charge in [0.2, 0.25) is 25.8 Å². The topological polar surface area (TPSA) is 644 Å². The number of aryl methyl sites for hydroxylation is 6. The van der Waals surface area contributed by atoms with E-state index in [2.05, 4.69) is 101 Å². The molecule has 15 rings (SSSR count). The van der Waals surface area contributed by atoms with Crippen molar-refractivity contribution in [2.45, 2.75) is 108 Å². The lowest BCUT2D eigenvalue weighted by Crippen LogP contribution is -2.08. The highest BCUT2D eigenvalue weighted by molar-refractivity contribution is 8.00. The van der Waals surface area contributed by atoms with Crippen LogP contribution >= 0.6 is 58.8 Å². The summed E-state index contributed by atoms with van der Waals surface area (Å²) in [5.74, 6) is 2.35. The Morgan fingerprint density at radius 2 is 0.735 bits per heavy atom. The van der Waals surface area contributed by atoms with Gasteiger partial charge in [0.1, 0.15) is 41.2 Å². The molecule has 0 bridgehead atoms. The Kier molecular flexibility index (Phi) is 33.9. The second kappa shape index (κ2) is 45.1. The third kappa shape index (κ3) is 27.2. The molecule has 0 saturated carbocycles. The summed E-state index contributed by atoms with van der Waals surface area (Å²) in [7, 11) is 4.91. The number of hydrogen-bond donors (Lipinski definition) is 6. The summed E-state index contributed by atoms with van der Waals surface area (Å²) in [6, 6.07) is 25.0. The minimum atomic E-state index is -4.65. The molecule has 0 amide bonds. The van der Waals surface area contributed by atoms with E-state index in [0.717, 1.165) is 63.0 Å². The van der Waals surface area contributed by atoms with Gasteiger partial charge in [0.05, 0.1) is 82.4 Å². The molecule has 136 heavy (non-hydrogen) atoms. The zero-order valence-corrected chi connectivity index (χ0v) is 76.7. The van der Waals surface area contributed by atoms with E-state index in [9.17, 15) is 92.5 Å². The molecule has 0 spiro atoms. The van der Waals surface area contributed by atoms with Crippen LogP contribution in [0.2, 0.25) is 0 Å². The number of aromatic nitrogens is 24. The number of rotatable bonds is 32. The average molecular weight is 1960 g/mol. The first-order chi connectivity index (χ1) is 63.9. The number of nitrogens with zero attached hydrogens (tertiary/aromatic N) is 24. The summed E-state index contributed by atoms with van der Waals surface area (Å²) in [5.41, 5.74) is 8.33. The first kappa shape index (κ1) is 102. The number of nitrogens with one attached hydrogen (secondary N) is 5. The van der Waals surface area contributed by atoms with Gasteiger partial charge in [0.15, 0.2) is 34.8 Å². The van der Waals surface area contributed by atoms with Crippen LogP contribution in [-0.4, -0.2) is 214 Å². The monoisotopic (exact) mass is 1960 g/mol. The summed E-state index contributed by atoms with van der Waals surface area (Å²) in [6.07, 6.45) is -0.0993. The number of nitro groups is 5. The van der Waals surface area contributed by atoms with Crippen LogP contribution in [0.3, 0.4) is 0 Å². The van der Waals surface area contributed by atoms with Crippen LogP contribution in [0.15, 0.2) is 152 Å². The molecule has 0 radical (unpaired) electrons. The Labute approximate surface area is 785 Å². The van der Waals surface area contributed by atoms with Crippen LogP contribution in [0.5, 0.6) is 0 Å². The third-order valence-electron chi connectivity index (χ3n) is 18.3. The highest BCUT2D eigenvalue weighted by atomic mass is 32.2. The largest absolute Gasteiger partial charge is 0.480 e. The molecule has 47 nitrogen and oxygen atoms in total. The lowest BCUT2D eigenvalue weighted by atomic mass is 10.00. The Balaban J connectivity index is 0.000000175. The standard InChI is InChI=1S/C17H18N6O3S.C16H13F3N6O3S.C16H14N6O5S.C16H15N5O4S.C15H14N6O3S.CH4/c1-9(24)8-27-17-18-16(19-20-17)13-5-12(6-14(7-13)23(25)26)15-10(2)21-22(4)11(15)3;1-8(26)7-29-15-20-14(21-22-15)10-3-9(4-11(5-10)25(27)28)12-6-13(16(17,18)19)23-24(12)2;1-9(23)8-28-16-18-15(19-20-16)11-2-10(3-13(4-11)22(26)27)12-5-17-21(6-12)7-14(24)25;1-8(22)7-26-16-17-15(18-19-16)12-4-11(5-13(6-12)21(23)24)14-9(2)20-25-10(14)3;1-9(22)8-25-15-17-14(18-19-15)11-5-10(6-12(7-11)21(23)24)13-3-4-16-20(13)2;/h5-7H,8H2,1-4H3,(H,18,19,20);3-6H,7H2,1-2H3,(H,20,21,22);2-6H,7-8H2,1H3,(H,24,25)(H,18,19,20);4-6H,7H2,1-3H3,(H,17,18,19);3-7H,8H2,1-2H3,(H,17,18,19);1H4. The number of aromatic amines is 5. The number of Topliss-reactive ketones (excluding diaryl/α,β-unsaturated/α-hetero) is 5. The molecule has 0 unspecified atom stereocenters. The molecule has 0 aliphatic heterocycles. The minimum Gasteiger partial charge on any atom is -0.480 e. The number of carbonyl (C=O) groups is 6.